The molecule has 1 aromatic carbocycles. The van der Waals surface area contributed by atoms with Crippen LogP contribution in [0, 0.1) is 0 Å². The highest BCUT2D eigenvalue weighted by Crippen LogP contribution is 2.22. The number of nitrogens with zero attached hydrogens (tertiary/aromatic N) is 2. The van der Waals surface area contributed by atoms with Gasteiger partial charge in [0.25, 0.3) is 0 Å². The number of aromatic nitrogens is 4. The maximum Gasteiger partial charge on any atom is 0.226 e. The lowest BCUT2D eigenvalue weighted by Crippen LogP contribution is -2.25. The van der Waals surface area contributed by atoms with E-state index in [1.54, 1.807) is 0 Å². The van der Waals surface area contributed by atoms with Gasteiger partial charge in [-0.2, -0.15) is 10.2 Å². The maximum absolute atomic E-state index is 12.2. The lowest BCUT2D eigenvalue weighted by Gasteiger charge is -2.11. The normalized spacial score (nSPS) is 13.9. The third-order valence-corrected chi connectivity index (χ3v) is 4.47. The third kappa shape index (κ3) is 2.72. The molecule has 0 saturated carbocycles. The lowest BCUT2D eigenvalue weighted by atomic mass is 9.96. The molecule has 118 valence electrons. The molecule has 0 bridgehead atoms. The Morgan fingerprint density at radius 1 is 1.13 bits per heavy atom. The molecule has 2 heterocycles. The molecular weight excluding hydrogens is 290 g/mol. The minimum absolute atomic E-state index is 0.0213. The van der Waals surface area contributed by atoms with Crippen molar-refractivity contribution in [2.24, 2.45) is 0 Å². The van der Waals surface area contributed by atoms with Crippen molar-refractivity contribution in [3.63, 3.8) is 0 Å². The van der Waals surface area contributed by atoms with Crippen LogP contribution in [-0.2, 0) is 30.6 Å². The second-order valence-corrected chi connectivity index (χ2v) is 6.01. The number of benzene rings is 1. The van der Waals surface area contributed by atoms with Crippen molar-refractivity contribution < 1.29 is 4.79 Å². The first-order chi connectivity index (χ1) is 11.3. The highest BCUT2D eigenvalue weighted by atomic mass is 16.1. The quantitative estimate of drug-likeness (QED) is 0.689. The van der Waals surface area contributed by atoms with Crippen LogP contribution in [0.1, 0.15) is 35.5 Å². The lowest BCUT2D eigenvalue weighted by molar-refractivity contribution is -0.120. The average molecular weight is 309 g/mol. The Morgan fingerprint density at radius 2 is 2.00 bits per heavy atom. The van der Waals surface area contributed by atoms with E-state index in [0.717, 1.165) is 35.1 Å². The van der Waals surface area contributed by atoms with E-state index in [2.05, 4.69) is 25.7 Å². The first-order valence-corrected chi connectivity index (χ1v) is 8.05. The van der Waals surface area contributed by atoms with Crippen molar-refractivity contribution in [1.82, 2.24) is 25.7 Å². The molecule has 1 amide bonds. The van der Waals surface area contributed by atoms with E-state index in [9.17, 15) is 4.79 Å². The molecule has 1 aliphatic carbocycles. The summed E-state index contributed by atoms with van der Waals surface area (Å²) < 4.78 is 0. The van der Waals surface area contributed by atoms with Crippen molar-refractivity contribution in [3.05, 3.63) is 46.9 Å². The highest BCUT2D eigenvalue weighted by Gasteiger charge is 2.17. The SMILES string of the molecule is O=C(Cc1[nH]nc2ccccc12)NCc1n[nH]c2c1CCCC2. The molecular formula is C17H19N5O. The predicted molar refractivity (Wildman–Crippen MR) is 86.9 cm³/mol. The molecule has 23 heavy (non-hydrogen) atoms. The van der Waals surface area contributed by atoms with Crippen LogP contribution >= 0.6 is 0 Å². The van der Waals surface area contributed by atoms with Gasteiger partial charge in [-0.25, -0.2) is 0 Å². The third-order valence-electron chi connectivity index (χ3n) is 4.47. The first kappa shape index (κ1) is 14.0. The van der Waals surface area contributed by atoms with Gasteiger partial charge in [-0.05, 0) is 37.3 Å². The van der Waals surface area contributed by atoms with Crippen molar-refractivity contribution in [2.45, 2.75) is 38.6 Å². The fourth-order valence-corrected chi connectivity index (χ4v) is 3.25. The van der Waals surface area contributed by atoms with Crippen LogP contribution in [0.25, 0.3) is 10.9 Å². The summed E-state index contributed by atoms with van der Waals surface area (Å²) in [5, 5.41) is 18.6. The number of fused-ring (bicyclic) bond motifs is 2. The summed E-state index contributed by atoms with van der Waals surface area (Å²) in [6, 6.07) is 7.80. The van der Waals surface area contributed by atoms with Gasteiger partial charge in [0.15, 0.2) is 0 Å². The number of carbonyl (C=O) groups is 1. The van der Waals surface area contributed by atoms with E-state index >= 15 is 0 Å². The maximum atomic E-state index is 12.2. The molecule has 0 aliphatic heterocycles. The average Bonchev–Trinajstić information content (AvgIpc) is 3.18. The minimum Gasteiger partial charge on any atom is -0.350 e. The van der Waals surface area contributed by atoms with Crippen LogP contribution in [0.2, 0.25) is 0 Å². The second-order valence-electron chi connectivity index (χ2n) is 6.01. The summed E-state index contributed by atoms with van der Waals surface area (Å²) in [5.74, 6) is -0.0213. The van der Waals surface area contributed by atoms with Crippen molar-refractivity contribution >= 4 is 16.8 Å². The summed E-state index contributed by atoms with van der Waals surface area (Å²) in [6.45, 7) is 0.483. The standard InChI is InChI=1S/C17H19N5O/c23-17(9-15-11-5-1-3-7-13(11)19-21-15)18-10-16-12-6-2-4-8-14(12)20-22-16/h1,3,5,7H,2,4,6,8-10H2,(H,18,23)(H,19,21)(H,20,22). The largest absolute Gasteiger partial charge is 0.350 e. The number of aromatic amines is 2. The van der Waals surface area contributed by atoms with Crippen LogP contribution in [0.5, 0.6) is 0 Å². The van der Waals surface area contributed by atoms with Gasteiger partial charge in [0.2, 0.25) is 5.91 Å². The Balaban J connectivity index is 1.42. The van der Waals surface area contributed by atoms with Crippen LogP contribution in [0.4, 0.5) is 0 Å². The molecule has 3 aromatic rings. The molecule has 0 fully saturated rings. The smallest absolute Gasteiger partial charge is 0.226 e. The van der Waals surface area contributed by atoms with Crippen molar-refractivity contribution in [1.29, 1.82) is 0 Å². The molecule has 1 aliphatic rings. The molecule has 0 radical (unpaired) electrons. The Morgan fingerprint density at radius 3 is 2.96 bits per heavy atom. The zero-order valence-corrected chi connectivity index (χ0v) is 12.9. The van der Waals surface area contributed by atoms with Gasteiger partial charge in [-0.15, -0.1) is 0 Å². The second kappa shape index (κ2) is 5.87. The van der Waals surface area contributed by atoms with Gasteiger partial charge in [0.05, 0.1) is 29.9 Å². The molecule has 3 N–H and O–H groups in total. The highest BCUT2D eigenvalue weighted by molar-refractivity contribution is 5.87. The van der Waals surface area contributed by atoms with Crippen LogP contribution in [-0.4, -0.2) is 26.3 Å². The van der Waals surface area contributed by atoms with E-state index in [1.807, 2.05) is 24.3 Å². The van der Waals surface area contributed by atoms with Crippen LogP contribution in [0.3, 0.4) is 0 Å². The molecule has 0 unspecified atom stereocenters. The van der Waals surface area contributed by atoms with Crippen LogP contribution < -0.4 is 5.32 Å². The molecule has 0 saturated heterocycles. The monoisotopic (exact) mass is 309 g/mol. The molecule has 0 atom stereocenters. The zero-order chi connectivity index (χ0) is 15.6. The summed E-state index contributed by atoms with van der Waals surface area (Å²) in [5.41, 5.74) is 5.24. The van der Waals surface area contributed by atoms with E-state index in [1.165, 1.54) is 24.1 Å². The van der Waals surface area contributed by atoms with Gasteiger partial charge < -0.3 is 5.32 Å². The Bertz CT molecular complexity index is 848. The Labute approximate surface area is 133 Å². The van der Waals surface area contributed by atoms with Gasteiger partial charge in [-0.3, -0.25) is 15.0 Å². The van der Waals surface area contributed by atoms with E-state index < -0.39 is 0 Å². The summed E-state index contributed by atoms with van der Waals surface area (Å²) in [7, 11) is 0. The number of para-hydroxylation sites is 1. The van der Waals surface area contributed by atoms with Gasteiger partial charge >= 0.3 is 0 Å². The number of nitrogens with one attached hydrogen (secondary N) is 3. The number of carbonyl (C=O) groups excluding carboxylic acids is 1. The predicted octanol–water partition coefficient (Wildman–Crippen LogP) is 2.02. The van der Waals surface area contributed by atoms with E-state index in [-0.39, 0.29) is 5.91 Å². The van der Waals surface area contributed by atoms with Crippen molar-refractivity contribution in [2.75, 3.05) is 0 Å². The van der Waals surface area contributed by atoms with E-state index in [0.29, 0.717) is 13.0 Å². The number of H-pyrrole nitrogens is 2. The molecule has 6 heteroatoms. The number of hydrogen-bond acceptors (Lipinski definition) is 3. The summed E-state index contributed by atoms with van der Waals surface area (Å²) in [4.78, 5) is 12.2. The number of hydrogen-bond donors (Lipinski definition) is 3. The van der Waals surface area contributed by atoms with Crippen LogP contribution in [0.15, 0.2) is 24.3 Å². The van der Waals surface area contributed by atoms with E-state index in [4.69, 9.17) is 0 Å². The van der Waals surface area contributed by atoms with Gasteiger partial charge in [0, 0.05) is 11.1 Å². The number of rotatable bonds is 4. The van der Waals surface area contributed by atoms with Gasteiger partial charge in [-0.1, -0.05) is 18.2 Å². The molecule has 6 nitrogen and oxygen atoms in total. The zero-order valence-electron chi connectivity index (χ0n) is 12.9. The van der Waals surface area contributed by atoms with Gasteiger partial charge in [0.1, 0.15) is 0 Å². The molecule has 2 aromatic heterocycles. The van der Waals surface area contributed by atoms with Crippen molar-refractivity contribution in [3.8, 4) is 0 Å². The topological polar surface area (TPSA) is 86.5 Å². The minimum atomic E-state index is -0.0213. The number of amides is 1. The number of aryl methyl sites for hydroxylation is 1. The first-order valence-electron chi connectivity index (χ1n) is 8.05. The molecule has 0 spiro atoms. The molecule has 4 rings (SSSR count). The summed E-state index contributed by atoms with van der Waals surface area (Å²) in [6.07, 6.45) is 4.84. The summed E-state index contributed by atoms with van der Waals surface area (Å²) >= 11 is 0. The fraction of sp³-hybridized carbons (Fsp3) is 0.353. The fourth-order valence-electron chi connectivity index (χ4n) is 3.25. The Kier molecular flexibility index (Phi) is 3.57. The Hall–Kier alpha value is -2.63.